The molecule has 1 heterocycles. The van der Waals surface area contributed by atoms with Crippen LogP contribution in [0.2, 0.25) is 5.02 Å². The second kappa shape index (κ2) is 5.75. The van der Waals surface area contributed by atoms with Gasteiger partial charge < -0.3 is 5.32 Å². The lowest BCUT2D eigenvalue weighted by atomic mass is 10.1. The standard InChI is InChI=1S/C12H16ClFN2O2S/c1-16(10-3-2-6-15-8-10)19(17,18)12-5-4-9(14)7-11(12)13/h4-5,7,10,15H,2-3,6,8H2,1H3. The van der Waals surface area contributed by atoms with Gasteiger partial charge in [-0.15, -0.1) is 0 Å². The van der Waals surface area contributed by atoms with E-state index in [2.05, 4.69) is 5.32 Å². The second-order valence-corrected chi connectivity index (χ2v) is 6.97. The average molecular weight is 307 g/mol. The Kier molecular flexibility index (Phi) is 4.45. The van der Waals surface area contributed by atoms with Gasteiger partial charge in [0.25, 0.3) is 0 Å². The van der Waals surface area contributed by atoms with Crippen LogP contribution in [0.15, 0.2) is 23.1 Å². The van der Waals surface area contributed by atoms with Crippen molar-refractivity contribution in [2.45, 2.75) is 23.8 Å². The summed E-state index contributed by atoms with van der Waals surface area (Å²) >= 11 is 5.84. The number of hydrogen-bond acceptors (Lipinski definition) is 3. The predicted octanol–water partition coefficient (Wildman–Crippen LogP) is 1.85. The predicted molar refractivity (Wildman–Crippen MR) is 72.3 cm³/mol. The molecule has 1 saturated heterocycles. The average Bonchev–Trinajstić information content (AvgIpc) is 2.38. The monoisotopic (exact) mass is 306 g/mol. The molecule has 0 radical (unpaired) electrons. The van der Waals surface area contributed by atoms with Crippen LogP contribution in [-0.2, 0) is 10.0 Å². The molecule has 1 aliphatic heterocycles. The first kappa shape index (κ1) is 14.7. The number of sulfonamides is 1. The molecular formula is C12H16ClFN2O2S. The Labute approximate surface area is 117 Å². The van der Waals surface area contributed by atoms with Crippen molar-refractivity contribution in [2.75, 3.05) is 20.1 Å². The Morgan fingerprint density at radius 2 is 2.21 bits per heavy atom. The third kappa shape index (κ3) is 3.08. The maximum absolute atomic E-state index is 13.0. The highest BCUT2D eigenvalue weighted by Gasteiger charge is 2.30. The van der Waals surface area contributed by atoms with Gasteiger partial charge in [0.2, 0.25) is 10.0 Å². The zero-order chi connectivity index (χ0) is 14.0. The Balaban J connectivity index is 2.30. The zero-order valence-electron chi connectivity index (χ0n) is 10.6. The summed E-state index contributed by atoms with van der Waals surface area (Å²) in [7, 11) is -2.16. The summed E-state index contributed by atoms with van der Waals surface area (Å²) in [6.45, 7) is 1.52. The van der Waals surface area contributed by atoms with Crippen molar-refractivity contribution in [3.8, 4) is 0 Å². The van der Waals surface area contributed by atoms with Crippen molar-refractivity contribution in [1.82, 2.24) is 9.62 Å². The number of hydrogen-bond donors (Lipinski definition) is 1. The van der Waals surface area contributed by atoms with E-state index in [0.717, 1.165) is 31.5 Å². The quantitative estimate of drug-likeness (QED) is 0.927. The molecule has 106 valence electrons. The van der Waals surface area contributed by atoms with Crippen molar-refractivity contribution in [1.29, 1.82) is 0 Å². The van der Waals surface area contributed by atoms with Gasteiger partial charge in [-0.05, 0) is 37.6 Å². The van der Waals surface area contributed by atoms with Gasteiger partial charge in [0.1, 0.15) is 10.7 Å². The molecular weight excluding hydrogens is 291 g/mol. The third-order valence-corrected chi connectivity index (χ3v) is 5.73. The lowest BCUT2D eigenvalue weighted by Crippen LogP contribution is -2.46. The molecule has 0 bridgehead atoms. The van der Waals surface area contributed by atoms with Crippen LogP contribution in [-0.4, -0.2) is 38.9 Å². The molecule has 0 aromatic heterocycles. The summed E-state index contributed by atoms with van der Waals surface area (Å²) in [4.78, 5) is -0.0522. The van der Waals surface area contributed by atoms with E-state index in [1.54, 1.807) is 0 Å². The third-order valence-electron chi connectivity index (χ3n) is 3.34. The van der Waals surface area contributed by atoms with Gasteiger partial charge in [-0.2, -0.15) is 4.31 Å². The highest BCUT2D eigenvalue weighted by atomic mass is 35.5. The normalized spacial score (nSPS) is 20.7. The molecule has 1 N–H and O–H groups in total. The number of likely N-dealkylation sites (N-methyl/N-ethyl adjacent to an activating group) is 1. The molecule has 0 spiro atoms. The number of nitrogens with one attached hydrogen (secondary N) is 1. The fourth-order valence-electron chi connectivity index (χ4n) is 2.18. The Morgan fingerprint density at radius 3 is 2.79 bits per heavy atom. The van der Waals surface area contributed by atoms with Crippen LogP contribution in [0.5, 0.6) is 0 Å². The summed E-state index contributed by atoms with van der Waals surface area (Å²) in [5.41, 5.74) is 0. The van der Waals surface area contributed by atoms with Crippen LogP contribution in [0.3, 0.4) is 0 Å². The van der Waals surface area contributed by atoms with Crippen molar-refractivity contribution in [2.24, 2.45) is 0 Å². The molecule has 1 atom stereocenters. The number of nitrogens with zero attached hydrogens (tertiary/aromatic N) is 1. The summed E-state index contributed by atoms with van der Waals surface area (Å²) < 4.78 is 39.2. The summed E-state index contributed by atoms with van der Waals surface area (Å²) in [5, 5.41) is 3.08. The maximum atomic E-state index is 13.0. The highest BCUT2D eigenvalue weighted by molar-refractivity contribution is 7.89. The minimum Gasteiger partial charge on any atom is -0.315 e. The summed E-state index contributed by atoms with van der Waals surface area (Å²) in [6.07, 6.45) is 1.74. The van der Waals surface area contributed by atoms with Crippen LogP contribution in [0.4, 0.5) is 4.39 Å². The van der Waals surface area contributed by atoms with Crippen molar-refractivity contribution in [3.05, 3.63) is 29.0 Å². The van der Waals surface area contributed by atoms with E-state index in [4.69, 9.17) is 11.6 Å². The molecule has 19 heavy (non-hydrogen) atoms. The molecule has 1 aromatic carbocycles. The van der Waals surface area contributed by atoms with Gasteiger partial charge in [-0.1, -0.05) is 11.6 Å². The first-order chi connectivity index (χ1) is 8.93. The largest absolute Gasteiger partial charge is 0.315 e. The molecule has 7 heteroatoms. The smallest absolute Gasteiger partial charge is 0.244 e. The zero-order valence-corrected chi connectivity index (χ0v) is 12.1. The molecule has 4 nitrogen and oxygen atoms in total. The van der Waals surface area contributed by atoms with E-state index in [-0.39, 0.29) is 16.0 Å². The number of halogens is 2. The van der Waals surface area contributed by atoms with E-state index < -0.39 is 15.8 Å². The fraction of sp³-hybridized carbons (Fsp3) is 0.500. The lowest BCUT2D eigenvalue weighted by molar-refractivity contribution is 0.300. The number of piperidine rings is 1. The van der Waals surface area contributed by atoms with Crippen LogP contribution in [0.25, 0.3) is 0 Å². The van der Waals surface area contributed by atoms with Gasteiger partial charge in [-0.25, -0.2) is 12.8 Å². The Bertz CT molecular complexity index is 559. The second-order valence-electron chi connectivity index (χ2n) is 4.60. The van der Waals surface area contributed by atoms with Gasteiger partial charge in [-0.3, -0.25) is 0 Å². The van der Waals surface area contributed by atoms with Gasteiger partial charge in [0, 0.05) is 19.6 Å². The lowest BCUT2D eigenvalue weighted by Gasteiger charge is -2.31. The van der Waals surface area contributed by atoms with Crippen molar-refractivity contribution < 1.29 is 12.8 Å². The topological polar surface area (TPSA) is 49.4 Å². The minimum absolute atomic E-state index is 0.0522. The van der Waals surface area contributed by atoms with E-state index >= 15 is 0 Å². The van der Waals surface area contributed by atoms with Crippen LogP contribution >= 0.6 is 11.6 Å². The Hall–Kier alpha value is -0.690. The molecule has 0 saturated carbocycles. The van der Waals surface area contributed by atoms with Gasteiger partial charge >= 0.3 is 0 Å². The minimum atomic E-state index is -3.69. The van der Waals surface area contributed by atoms with Crippen molar-refractivity contribution >= 4 is 21.6 Å². The van der Waals surface area contributed by atoms with E-state index in [1.165, 1.54) is 17.4 Å². The molecule has 1 aliphatic rings. The van der Waals surface area contributed by atoms with Crippen LogP contribution in [0, 0.1) is 5.82 Å². The van der Waals surface area contributed by atoms with Crippen LogP contribution < -0.4 is 5.32 Å². The molecule has 0 amide bonds. The molecule has 1 unspecified atom stereocenters. The first-order valence-corrected chi connectivity index (χ1v) is 7.88. The van der Waals surface area contributed by atoms with Gasteiger partial charge in [0.05, 0.1) is 5.02 Å². The number of rotatable bonds is 3. The fourth-order valence-corrected chi connectivity index (χ4v) is 4.07. The molecule has 1 fully saturated rings. The Morgan fingerprint density at radius 1 is 1.47 bits per heavy atom. The number of benzene rings is 1. The SMILES string of the molecule is CN(C1CCCNC1)S(=O)(=O)c1ccc(F)cc1Cl. The highest BCUT2D eigenvalue weighted by Crippen LogP contribution is 2.26. The van der Waals surface area contributed by atoms with E-state index in [9.17, 15) is 12.8 Å². The van der Waals surface area contributed by atoms with Crippen molar-refractivity contribution in [3.63, 3.8) is 0 Å². The van der Waals surface area contributed by atoms with E-state index in [0.29, 0.717) is 6.54 Å². The van der Waals surface area contributed by atoms with E-state index in [1.807, 2.05) is 0 Å². The molecule has 0 aliphatic carbocycles. The van der Waals surface area contributed by atoms with Gasteiger partial charge in [0.15, 0.2) is 0 Å². The summed E-state index contributed by atoms with van der Waals surface area (Å²) in [5.74, 6) is -0.550. The maximum Gasteiger partial charge on any atom is 0.244 e. The molecule has 1 aromatic rings. The molecule has 2 rings (SSSR count). The van der Waals surface area contributed by atoms with Crippen LogP contribution in [0.1, 0.15) is 12.8 Å². The summed E-state index contributed by atoms with van der Waals surface area (Å²) in [6, 6.07) is 3.23. The first-order valence-electron chi connectivity index (χ1n) is 6.07.